The fraction of sp³-hybridized carbons (Fsp3) is 0.333. The van der Waals surface area contributed by atoms with Crippen molar-refractivity contribution in [1.82, 2.24) is 20.1 Å². The van der Waals surface area contributed by atoms with E-state index in [4.69, 9.17) is 0 Å². The van der Waals surface area contributed by atoms with Gasteiger partial charge in [0.05, 0.1) is 11.4 Å². The molecule has 3 heterocycles. The summed E-state index contributed by atoms with van der Waals surface area (Å²) < 4.78 is 1.95. The Morgan fingerprint density at radius 1 is 1.44 bits per heavy atom. The second-order valence-electron chi connectivity index (χ2n) is 4.13. The third-order valence-corrected chi connectivity index (χ3v) is 2.88. The summed E-state index contributed by atoms with van der Waals surface area (Å²) in [4.78, 5) is 4.19. The largest absolute Gasteiger partial charge is 0.312 e. The van der Waals surface area contributed by atoms with Crippen molar-refractivity contribution in [3.05, 3.63) is 41.5 Å². The summed E-state index contributed by atoms with van der Waals surface area (Å²) in [5, 5.41) is 7.96. The van der Waals surface area contributed by atoms with E-state index < -0.39 is 0 Å². The van der Waals surface area contributed by atoms with Gasteiger partial charge in [-0.2, -0.15) is 5.10 Å². The van der Waals surface area contributed by atoms with Crippen molar-refractivity contribution in [3.8, 4) is 5.69 Å². The average molecular weight is 214 g/mol. The van der Waals surface area contributed by atoms with E-state index in [-0.39, 0.29) is 0 Å². The summed E-state index contributed by atoms with van der Waals surface area (Å²) in [6, 6.07) is 4.03. The summed E-state index contributed by atoms with van der Waals surface area (Å²) in [5.41, 5.74) is 4.62. The lowest BCUT2D eigenvalue weighted by Gasteiger charge is -2.09. The molecule has 0 saturated heterocycles. The Morgan fingerprint density at radius 2 is 2.38 bits per heavy atom. The molecule has 0 spiro atoms. The predicted molar refractivity (Wildman–Crippen MR) is 61.5 cm³/mol. The molecule has 1 aliphatic rings. The van der Waals surface area contributed by atoms with Crippen molar-refractivity contribution >= 4 is 0 Å². The molecule has 0 aromatic carbocycles. The maximum Gasteiger partial charge on any atom is 0.0686 e. The number of pyridine rings is 1. The van der Waals surface area contributed by atoms with Gasteiger partial charge in [0.2, 0.25) is 0 Å². The third-order valence-electron chi connectivity index (χ3n) is 2.88. The fourth-order valence-electron chi connectivity index (χ4n) is 2.04. The minimum absolute atomic E-state index is 0.930. The topological polar surface area (TPSA) is 42.7 Å². The lowest BCUT2D eigenvalue weighted by Crippen LogP contribution is -2.22. The first-order chi connectivity index (χ1) is 7.83. The van der Waals surface area contributed by atoms with E-state index in [0.29, 0.717) is 0 Å². The zero-order chi connectivity index (χ0) is 11.0. The Labute approximate surface area is 94.3 Å². The van der Waals surface area contributed by atoms with Crippen molar-refractivity contribution in [2.24, 2.45) is 0 Å². The number of nitrogens with one attached hydrogen (secondary N) is 1. The molecule has 0 amide bonds. The molecule has 0 aliphatic carbocycles. The summed E-state index contributed by atoms with van der Waals surface area (Å²) in [6.07, 6.45) is 4.95. The molecule has 2 aromatic rings. The number of fused-ring (bicyclic) bond motifs is 1. The van der Waals surface area contributed by atoms with E-state index >= 15 is 0 Å². The maximum absolute atomic E-state index is 4.61. The Kier molecular flexibility index (Phi) is 2.22. The van der Waals surface area contributed by atoms with Gasteiger partial charge in [0.25, 0.3) is 0 Å². The van der Waals surface area contributed by atoms with Crippen LogP contribution >= 0.6 is 0 Å². The van der Waals surface area contributed by atoms with Crippen molar-refractivity contribution in [3.63, 3.8) is 0 Å². The van der Waals surface area contributed by atoms with Gasteiger partial charge in [-0.1, -0.05) is 0 Å². The molecule has 1 aliphatic heterocycles. The van der Waals surface area contributed by atoms with E-state index in [9.17, 15) is 0 Å². The normalized spacial score (nSPS) is 14.8. The highest BCUT2D eigenvalue weighted by molar-refractivity contribution is 5.33. The molecule has 0 radical (unpaired) electrons. The molecule has 82 valence electrons. The summed E-state index contributed by atoms with van der Waals surface area (Å²) in [5.74, 6) is 0. The number of aryl methyl sites for hydroxylation is 1. The van der Waals surface area contributed by atoms with E-state index in [1.54, 1.807) is 0 Å². The number of nitrogens with zero attached hydrogens (tertiary/aromatic N) is 3. The van der Waals surface area contributed by atoms with Crippen LogP contribution in [0.3, 0.4) is 0 Å². The van der Waals surface area contributed by atoms with Crippen LogP contribution in [0.2, 0.25) is 0 Å². The lowest BCUT2D eigenvalue weighted by molar-refractivity contribution is 0.635. The van der Waals surface area contributed by atoms with Crippen LogP contribution < -0.4 is 5.32 Å². The first-order valence-corrected chi connectivity index (χ1v) is 5.54. The molecule has 16 heavy (non-hydrogen) atoms. The quantitative estimate of drug-likeness (QED) is 0.776. The van der Waals surface area contributed by atoms with Gasteiger partial charge in [-0.05, 0) is 19.1 Å². The van der Waals surface area contributed by atoms with E-state index in [1.165, 1.54) is 11.3 Å². The van der Waals surface area contributed by atoms with Crippen LogP contribution in [0.15, 0.2) is 24.5 Å². The highest BCUT2D eigenvalue weighted by Gasteiger charge is 2.13. The molecule has 4 nitrogen and oxygen atoms in total. The number of rotatable bonds is 1. The van der Waals surface area contributed by atoms with Gasteiger partial charge in [0.15, 0.2) is 0 Å². The molecule has 0 fully saturated rings. The third kappa shape index (κ3) is 1.61. The predicted octanol–water partition coefficient (Wildman–Crippen LogP) is 1.22. The molecule has 3 rings (SSSR count). The molecule has 0 unspecified atom stereocenters. The lowest BCUT2D eigenvalue weighted by atomic mass is 10.1. The van der Waals surface area contributed by atoms with Crippen LogP contribution in [0.4, 0.5) is 0 Å². The van der Waals surface area contributed by atoms with Crippen LogP contribution in [-0.2, 0) is 13.0 Å². The van der Waals surface area contributed by atoms with Crippen molar-refractivity contribution in [2.75, 3.05) is 6.54 Å². The standard InChI is InChI=1S/C12H14N4/c1-9-6-11(2-5-14-9)16-8-10-7-13-4-3-12(10)15-16/h2,5-6,8,13H,3-4,7H2,1H3. The van der Waals surface area contributed by atoms with Gasteiger partial charge in [0, 0.05) is 43.2 Å². The van der Waals surface area contributed by atoms with Crippen molar-refractivity contribution in [2.45, 2.75) is 19.9 Å². The first-order valence-electron chi connectivity index (χ1n) is 5.54. The average Bonchev–Trinajstić information content (AvgIpc) is 2.72. The molecular weight excluding hydrogens is 200 g/mol. The molecular formula is C12H14N4. The zero-order valence-electron chi connectivity index (χ0n) is 9.27. The van der Waals surface area contributed by atoms with E-state index in [1.807, 2.05) is 29.9 Å². The summed E-state index contributed by atoms with van der Waals surface area (Å²) in [7, 11) is 0. The second kappa shape index (κ2) is 3.72. The SMILES string of the molecule is Cc1cc(-n2cc3c(n2)CCNC3)ccn1. The smallest absolute Gasteiger partial charge is 0.0686 e. The van der Waals surface area contributed by atoms with Gasteiger partial charge in [0.1, 0.15) is 0 Å². The highest BCUT2D eigenvalue weighted by atomic mass is 15.3. The zero-order valence-corrected chi connectivity index (χ0v) is 9.27. The fourth-order valence-corrected chi connectivity index (χ4v) is 2.04. The first kappa shape index (κ1) is 9.54. The Bertz CT molecular complexity index is 492. The Hall–Kier alpha value is -1.68. The Morgan fingerprint density at radius 3 is 3.19 bits per heavy atom. The van der Waals surface area contributed by atoms with Crippen molar-refractivity contribution in [1.29, 1.82) is 0 Å². The van der Waals surface area contributed by atoms with Gasteiger partial charge >= 0.3 is 0 Å². The number of aromatic nitrogens is 3. The van der Waals surface area contributed by atoms with Crippen LogP contribution in [-0.4, -0.2) is 21.3 Å². The van der Waals surface area contributed by atoms with Crippen molar-refractivity contribution < 1.29 is 0 Å². The van der Waals surface area contributed by atoms with Gasteiger partial charge in [-0.3, -0.25) is 4.98 Å². The maximum atomic E-state index is 4.61. The molecule has 1 N–H and O–H groups in total. The molecule has 0 saturated carbocycles. The molecule has 4 heteroatoms. The van der Waals surface area contributed by atoms with Gasteiger partial charge < -0.3 is 5.32 Å². The van der Waals surface area contributed by atoms with Gasteiger partial charge in [-0.25, -0.2) is 4.68 Å². The van der Waals surface area contributed by atoms with E-state index in [2.05, 4.69) is 21.6 Å². The second-order valence-corrected chi connectivity index (χ2v) is 4.13. The molecule has 0 bridgehead atoms. The Balaban J connectivity index is 2.03. The highest BCUT2D eigenvalue weighted by Crippen LogP contribution is 2.15. The van der Waals surface area contributed by atoms with Crippen LogP contribution in [0, 0.1) is 6.92 Å². The summed E-state index contributed by atoms with van der Waals surface area (Å²) >= 11 is 0. The minimum Gasteiger partial charge on any atom is -0.312 e. The van der Waals surface area contributed by atoms with Crippen LogP contribution in [0.25, 0.3) is 5.69 Å². The minimum atomic E-state index is 0.930. The number of hydrogen-bond acceptors (Lipinski definition) is 3. The number of hydrogen-bond donors (Lipinski definition) is 1. The van der Waals surface area contributed by atoms with Crippen LogP contribution in [0.5, 0.6) is 0 Å². The molecule has 0 atom stereocenters. The van der Waals surface area contributed by atoms with E-state index in [0.717, 1.165) is 30.9 Å². The summed E-state index contributed by atoms with van der Waals surface area (Å²) in [6.45, 7) is 3.95. The molecule has 2 aromatic heterocycles. The van der Waals surface area contributed by atoms with Crippen LogP contribution in [0.1, 0.15) is 17.0 Å². The van der Waals surface area contributed by atoms with Gasteiger partial charge in [-0.15, -0.1) is 0 Å². The monoisotopic (exact) mass is 214 g/mol.